The molecule has 0 saturated heterocycles. The van der Waals surface area contributed by atoms with Crippen LogP contribution in [0.2, 0.25) is 0 Å². The van der Waals surface area contributed by atoms with Crippen LogP contribution in [0.15, 0.2) is 18.2 Å². The summed E-state index contributed by atoms with van der Waals surface area (Å²) < 4.78 is 0. The smallest absolute Gasteiger partial charge is 0.336 e. The van der Waals surface area contributed by atoms with E-state index in [1.807, 2.05) is 26.8 Å². The maximum absolute atomic E-state index is 12.3. The van der Waals surface area contributed by atoms with Crippen molar-refractivity contribution >= 4 is 28.9 Å². The van der Waals surface area contributed by atoms with E-state index >= 15 is 0 Å². The van der Waals surface area contributed by atoms with E-state index in [0.717, 1.165) is 16.0 Å². The number of nitrogens with one attached hydrogen (secondary N) is 1. The SMILES string of the molecule is Cc1cc(C)c(C(=O)Nc2cc(C(=O)O)c(C)cc2C)s1. The van der Waals surface area contributed by atoms with Crippen LogP contribution in [0.3, 0.4) is 0 Å². The molecule has 0 aliphatic carbocycles. The minimum atomic E-state index is -0.994. The molecule has 0 aliphatic rings. The summed E-state index contributed by atoms with van der Waals surface area (Å²) in [7, 11) is 0. The van der Waals surface area contributed by atoms with Crippen LogP contribution >= 0.6 is 11.3 Å². The first kappa shape index (κ1) is 15.3. The van der Waals surface area contributed by atoms with E-state index in [0.29, 0.717) is 16.1 Å². The molecule has 0 spiro atoms. The van der Waals surface area contributed by atoms with Gasteiger partial charge in [-0.1, -0.05) is 6.07 Å². The lowest BCUT2D eigenvalue weighted by atomic mass is 10.0. The zero-order valence-corrected chi connectivity index (χ0v) is 13.2. The minimum absolute atomic E-state index is 0.200. The molecule has 0 atom stereocenters. The third-order valence-electron chi connectivity index (χ3n) is 3.30. The lowest BCUT2D eigenvalue weighted by molar-refractivity contribution is 0.0695. The molecule has 4 nitrogen and oxygen atoms in total. The largest absolute Gasteiger partial charge is 0.478 e. The molecular formula is C16H17NO3S. The zero-order chi connectivity index (χ0) is 15.7. The Labute approximate surface area is 127 Å². The number of anilines is 1. The van der Waals surface area contributed by atoms with E-state index in [2.05, 4.69) is 5.32 Å². The first-order chi connectivity index (χ1) is 9.79. The Hall–Kier alpha value is -2.14. The number of thiophene rings is 1. The van der Waals surface area contributed by atoms with Gasteiger partial charge >= 0.3 is 5.97 Å². The maximum Gasteiger partial charge on any atom is 0.336 e. The third kappa shape index (κ3) is 3.13. The van der Waals surface area contributed by atoms with Gasteiger partial charge in [0.05, 0.1) is 10.4 Å². The topological polar surface area (TPSA) is 66.4 Å². The van der Waals surface area contributed by atoms with E-state index in [-0.39, 0.29) is 11.5 Å². The molecule has 1 aromatic carbocycles. The van der Waals surface area contributed by atoms with Crippen molar-refractivity contribution in [2.24, 2.45) is 0 Å². The fraction of sp³-hybridized carbons (Fsp3) is 0.250. The highest BCUT2D eigenvalue weighted by Gasteiger charge is 2.16. The molecule has 0 bridgehead atoms. The van der Waals surface area contributed by atoms with Crippen LogP contribution in [0.4, 0.5) is 5.69 Å². The van der Waals surface area contributed by atoms with Crippen LogP contribution in [-0.2, 0) is 0 Å². The number of carbonyl (C=O) groups is 2. The molecule has 2 rings (SSSR count). The second-order valence-corrected chi connectivity index (χ2v) is 6.37. The summed E-state index contributed by atoms with van der Waals surface area (Å²) in [4.78, 5) is 25.2. The van der Waals surface area contributed by atoms with Crippen molar-refractivity contribution in [2.45, 2.75) is 27.7 Å². The number of carboxylic acids is 1. The Morgan fingerprint density at radius 2 is 1.67 bits per heavy atom. The highest BCUT2D eigenvalue weighted by molar-refractivity contribution is 7.14. The Morgan fingerprint density at radius 3 is 2.19 bits per heavy atom. The van der Waals surface area contributed by atoms with Gasteiger partial charge in [-0.25, -0.2) is 4.79 Å². The first-order valence-electron chi connectivity index (χ1n) is 6.52. The number of aromatic carboxylic acids is 1. The molecule has 0 fully saturated rings. The van der Waals surface area contributed by atoms with Crippen molar-refractivity contribution < 1.29 is 14.7 Å². The Bertz CT molecular complexity index is 731. The van der Waals surface area contributed by atoms with Crippen molar-refractivity contribution in [3.63, 3.8) is 0 Å². The van der Waals surface area contributed by atoms with Crippen molar-refractivity contribution in [1.82, 2.24) is 0 Å². The highest BCUT2D eigenvalue weighted by Crippen LogP contribution is 2.25. The van der Waals surface area contributed by atoms with E-state index in [1.54, 1.807) is 13.0 Å². The monoisotopic (exact) mass is 303 g/mol. The predicted molar refractivity (Wildman–Crippen MR) is 84.6 cm³/mol. The van der Waals surface area contributed by atoms with Crippen molar-refractivity contribution in [2.75, 3.05) is 5.32 Å². The van der Waals surface area contributed by atoms with Gasteiger partial charge in [0, 0.05) is 10.6 Å². The number of hydrogen-bond acceptors (Lipinski definition) is 3. The quantitative estimate of drug-likeness (QED) is 0.902. The van der Waals surface area contributed by atoms with Crippen molar-refractivity contribution in [3.05, 3.63) is 50.2 Å². The minimum Gasteiger partial charge on any atom is -0.478 e. The maximum atomic E-state index is 12.3. The molecule has 21 heavy (non-hydrogen) atoms. The van der Waals surface area contributed by atoms with Gasteiger partial charge in [-0.2, -0.15) is 0 Å². The molecule has 0 unspecified atom stereocenters. The molecule has 0 aliphatic heterocycles. The summed E-state index contributed by atoms with van der Waals surface area (Å²) in [6.45, 7) is 7.44. The van der Waals surface area contributed by atoms with Gasteiger partial charge in [0.2, 0.25) is 0 Å². The average Bonchev–Trinajstić information content (AvgIpc) is 2.71. The fourth-order valence-electron chi connectivity index (χ4n) is 2.26. The Morgan fingerprint density at radius 1 is 1.00 bits per heavy atom. The number of carbonyl (C=O) groups excluding carboxylic acids is 1. The van der Waals surface area contributed by atoms with E-state index in [1.165, 1.54) is 17.4 Å². The van der Waals surface area contributed by atoms with Crippen LogP contribution in [0.1, 0.15) is 41.6 Å². The summed E-state index contributed by atoms with van der Waals surface area (Å²) >= 11 is 1.43. The lowest BCUT2D eigenvalue weighted by Gasteiger charge is -2.11. The van der Waals surface area contributed by atoms with Gasteiger partial charge in [-0.15, -0.1) is 11.3 Å². The molecule has 2 N–H and O–H groups in total. The Balaban J connectivity index is 2.35. The van der Waals surface area contributed by atoms with Gasteiger partial charge in [-0.05, 0) is 56.5 Å². The molecule has 1 amide bonds. The van der Waals surface area contributed by atoms with E-state index in [9.17, 15) is 9.59 Å². The zero-order valence-electron chi connectivity index (χ0n) is 12.4. The van der Waals surface area contributed by atoms with Gasteiger partial charge in [0.15, 0.2) is 0 Å². The second-order valence-electron chi connectivity index (χ2n) is 5.11. The number of aryl methyl sites for hydroxylation is 4. The first-order valence-corrected chi connectivity index (χ1v) is 7.34. The average molecular weight is 303 g/mol. The van der Waals surface area contributed by atoms with Crippen molar-refractivity contribution in [1.29, 1.82) is 0 Å². The molecule has 1 aromatic heterocycles. The van der Waals surface area contributed by atoms with Crippen molar-refractivity contribution in [3.8, 4) is 0 Å². The number of amides is 1. The molecule has 1 heterocycles. The third-order valence-corrected chi connectivity index (χ3v) is 4.45. The number of benzene rings is 1. The Kier molecular flexibility index (Phi) is 4.14. The summed E-state index contributed by atoms with van der Waals surface area (Å²) in [5.74, 6) is -1.19. The number of carboxylic acid groups (broad SMARTS) is 1. The number of rotatable bonds is 3. The summed E-state index contributed by atoms with van der Waals surface area (Å²) in [6.07, 6.45) is 0. The van der Waals surface area contributed by atoms with Crippen LogP contribution in [0.5, 0.6) is 0 Å². The molecule has 110 valence electrons. The summed E-state index contributed by atoms with van der Waals surface area (Å²) in [6, 6.07) is 5.25. The number of hydrogen-bond donors (Lipinski definition) is 2. The normalized spacial score (nSPS) is 10.5. The van der Waals surface area contributed by atoms with Gasteiger partial charge < -0.3 is 10.4 Å². The van der Waals surface area contributed by atoms with E-state index in [4.69, 9.17) is 5.11 Å². The van der Waals surface area contributed by atoms with Crippen LogP contribution in [0, 0.1) is 27.7 Å². The fourth-order valence-corrected chi connectivity index (χ4v) is 3.18. The molecule has 5 heteroatoms. The van der Waals surface area contributed by atoms with E-state index < -0.39 is 5.97 Å². The summed E-state index contributed by atoms with van der Waals surface area (Å²) in [5, 5.41) is 12.0. The molecule has 2 aromatic rings. The molecule has 0 saturated carbocycles. The molecule has 0 radical (unpaired) electrons. The van der Waals surface area contributed by atoms with Crippen LogP contribution in [-0.4, -0.2) is 17.0 Å². The molecular weight excluding hydrogens is 286 g/mol. The van der Waals surface area contributed by atoms with Gasteiger partial charge in [0.1, 0.15) is 0 Å². The van der Waals surface area contributed by atoms with Gasteiger partial charge in [-0.3, -0.25) is 4.79 Å². The standard InChI is InChI=1S/C16H17NO3S/c1-8-5-9(2)13(7-12(8)16(19)20)17-15(18)14-10(3)6-11(4)21-14/h5-7H,1-4H3,(H,17,18)(H,19,20). The van der Waals surface area contributed by atoms with Crippen LogP contribution < -0.4 is 5.32 Å². The lowest BCUT2D eigenvalue weighted by Crippen LogP contribution is -2.13. The highest BCUT2D eigenvalue weighted by atomic mass is 32.1. The summed E-state index contributed by atoms with van der Waals surface area (Å²) in [5.41, 5.74) is 3.19. The van der Waals surface area contributed by atoms with Crippen LogP contribution in [0.25, 0.3) is 0 Å². The second kappa shape index (κ2) is 5.69. The predicted octanol–water partition coefficient (Wildman–Crippen LogP) is 3.93. The van der Waals surface area contributed by atoms with Gasteiger partial charge in [0.25, 0.3) is 5.91 Å².